The Bertz CT molecular complexity index is 397. The van der Waals surface area contributed by atoms with Crippen LogP contribution in [0.15, 0.2) is 18.3 Å². The number of pyridine rings is 1. The fourth-order valence-corrected chi connectivity index (χ4v) is 2.05. The first-order valence-electron chi connectivity index (χ1n) is 5.18. The molecule has 0 saturated carbocycles. The zero-order valence-corrected chi connectivity index (χ0v) is 9.52. The SMILES string of the molecule is O=C1CC(CO)CN1Cc1cccnc1Cl. The molecule has 1 saturated heterocycles. The number of aliphatic hydroxyl groups is 1. The second-order valence-electron chi connectivity index (χ2n) is 3.98. The normalized spacial score (nSPS) is 20.5. The van der Waals surface area contributed by atoms with Gasteiger partial charge in [-0.2, -0.15) is 0 Å². The predicted molar refractivity (Wildman–Crippen MR) is 59.9 cm³/mol. The van der Waals surface area contributed by atoms with Crippen LogP contribution in [-0.2, 0) is 11.3 Å². The Hall–Kier alpha value is -1.13. The molecule has 2 heterocycles. The van der Waals surface area contributed by atoms with Crippen molar-refractivity contribution < 1.29 is 9.90 Å². The molecule has 1 aliphatic rings. The molecule has 16 heavy (non-hydrogen) atoms. The number of halogens is 1. The quantitative estimate of drug-likeness (QED) is 0.805. The molecule has 86 valence electrons. The number of hydrogen-bond donors (Lipinski definition) is 1. The van der Waals surface area contributed by atoms with Gasteiger partial charge in [0.2, 0.25) is 5.91 Å². The first-order chi connectivity index (χ1) is 7.70. The lowest BCUT2D eigenvalue weighted by Crippen LogP contribution is -2.25. The van der Waals surface area contributed by atoms with Gasteiger partial charge in [0, 0.05) is 43.8 Å². The summed E-state index contributed by atoms with van der Waals surface area (Å²) in [6.45, 7) is 1.13. The number of hydrogen-bond acceptors (Lipinski definition) is 3. The van der Waals surface area contributed by atoms with Gasteiger partial charge in [-0.15, -0.1) is 0 Å². The highest BCUT2D eigenvalue weighted by molar-refractivity contribution is 6.30. The number of aromatic nitrogens is 1. The van der Waals surface area contributed by atoms with Gasteiger partial charge in [-0.05, 0) is 6.07 Å². The summed E-state index contributed by atoms with van der Waals surface area (Å²) in [5.74, 6) is 0.127. The molecule has 0 bridgehead atoms. The van der Waals surface area contributed by atoms with E-state index in [1.54, 1.807) is 17.2 Å². The molecule has 1 aromatic rings. The molecule has 1 unspecified atom stereocenters. The summed E-state index contributed by atoms with van der Waals surface area (Å²) < 4.78 is 0. The Kier molecular flexibility index (Phi) is 3.41. The van der Waals surface area contributed by atoms with Gasteiger partial charge < -0.3 is 10.0 Å². The van der Waals surface area contributed by atoms with Gasteiger partial charge in [-0.1, -0.05) is 17.7 Å². The molecule has 0 aliphatic carbocycles. The van der Waals surface area contributed by atoms with Crippen molar-refractivity contribution in [2.45, 2.75) is 13.0 Å². The summed E-state index contributed by atoms with van der Waals surface area (Å²) in [4.78, 5) is 17.3. The van der Waals surface area contributed by atoms with Crippen LogP contribution in [-0.4, -0.2) is 34.0 Å². The van der Waals surface area contributed by atoms with Crippen LogP contribution in [0.2, 0.25) is 5.15 Å². The van der Waals surface area contributed by atoms with Gasteiger partial charge in [-0.25, -0.2) is 4.98 Å². The van der Waals surface area contributed by atoms with Gasteiger partial charge in [-0.3, -0.25) is 4.79 Å². The van der Waals surface area contributed by atoms with E-state index >= 15 is 0 Å². The van der Waals surface area contributed by atoms with Crippen molar-refractivity contribution in [1.82, 2.24) is 9.88 Å². The fourth-order valence-electron chi connectivity index (χ4n) is 1.87. The Labute approximate surface area is 98.9 Å². The standard InChI is InChI=1S/C11H13ClN2O2/c12-11-9(2-1-3-13-11)6-14-5-8(7-15)4-10(14)16/h1-3,8,15H,4-7H2. The first-order valence-corrected chi connectivity index (χ1v) is 5.56. The van der Waals surface area contributed by atoms with Gasteiger partial charge in [0.1, 0.15) is 5.15 Å². The molecule has 4 nitrogen and oxygen atoms in total. The number of rotatable bonds is 3. The summed E-state index contributed by atoms with van der Waals surface area (Å²) in [7, 11) is 0. The van der Waals surface area contributed by atoms with Crippen LogP contribution in [0, 0.1) is 5.92 Å². The van der Waals surface area contributed by atoms with Crippen LogP contribution in [0.5, 0.6) is 0 Å². The highest BCUT2D eigenvalue weighted by Crippen LogP contribution is 2.21. The molecule has 1 atom stereocenters. The van der Waals surface area contributed by atoms with Crippen molar-refractivity contribution in [3.8, 4) is 0 Å². The van der Waals surface area contributed by atoms with Crippen LogP contribution < -0.4 is 0 Å². The maximum atomic E-state index is 11.6. The molecule has 0 spiro atoms. The number of nitrogens with zero attached hydrogens (tertiary/aromatic N) is 2. The molecule has 1 aromatic heterocycles. The molecule has 0 aromatic carbocycles. The topological polar surface area (TPSA) is 53.4 Å². The van der Waals surface area contributed by atoms with Crippen LogP contribution in [0.25, 0.3) is 0 Å². The van der Waals surface area contributed by atoms with Crippen LogP contribution >= 0.6 is 11.6 Å². The summed E-state index contributed by atoms with van der Waals surface area (Å²) in [5.41, 5.74) is 0.844. The third-order valence-electron chi connectivity index (χ3n) is 2.75. The lowest BCUT2D eigenvalue weighted by atomic mass is 10.1. The van der Waals surface area contributed by atoms with Crippen molar-refractivity contribution in [2.24, 2.45) is 5.92 Å². The molecule has 1 aliphatic heterocycles. The Morgan fingerprint density at radius 3 is 3.06 bits per heavy atom. The van der Waals surface area contributed by atoms with E-state index in [1.807, 2.05) is 6.07 Å². The zero-order chi connectivity index (χ0) is 11.5. The maximum Gasteiger partial charge on any atom is 0.223 e. The van der Waals surface area contributed by atoms with Gasteiger partial charge >= 0.3 is 0 Å². The molecular weight excluding hydrogens is 228 g/mol. The second-order valence-corrected chi connectivity index (χ2v) is 4.34. The minimum atomic E-state index is 0.0583. The van der Waals surface area contributed by atoms with E-state index in [1.165, 1.54) is 0 Å². The second kappa shape index (κ2) is 4.80. The predicted octanol–water partition coefficient (Wildman–Crippen LogP) is 1.08. The summed E-state index contributed by atoms with van der Waals surface area (Å²) in [6, 6.07) is 3.65. The van der Waals surface area contributed by atoms with Crippen molar-refractivity contribution >= 4 is 17.5 Å². The van der Waals surface area contributed by atoms with E-state index in [-0.39, 0.29) is 18.4 Å². The minimum Gasteiger partial charge on any atom is -0.396 e. The van der Waals surface area contributed by atoms with Crippen LogP contribution in [0.1, 0.15) is 12.0 Å². The Morgan fingerprint density at radius 2 is 2.44 bits per heavy atom. The maximum absolute atomic E-state index is 11.6. The Morgan fingerprint density at radius 1 is 1.62 bits per heavy atom. The molecule has 5 heteroatoms. The number of amides is 1. The summed E-state index contributed by atoms with van der Waals surface area (Å²) in [5, 5.41) is 9.44. The highest BCUT2D eigenvalue weighted by atomic mass is 35.5. The Balaban J connectivity index is 2.06. The lowest BCUT2D eigenvalue weighted by molar-refractivity contribution is -0.128. The minimum absolute atomic E-state index is 0.0583. The van der Waals surface area contributed by atoms with Crippen LogP contribution in [0.3, 0.4) is 0 Å². The largest absolute Gasteiger partial charge is 0.396 e. The smallest absolute Gasteiger partial charge is 0.223 e. The molecule has 2 rings (SSSR count). The molecule has 1 amide bonds. The van der Waals surface area contributed by atoms with E-state index in [4.69, 9.17) is 16.7 Å². The van der Waals surface area contributed by atoms with Gasteiger partial charge in [0.25, 0.3) is 0 Å². The molecule has 1 fully saturated rings. The van der Waals surface area contributed by atoms with Gasteiger partial charge in [0.15, 0.2) is 0 Å². The zero-order valence-electron chi connectivity index (χ0n) is 8.77. The van der Waals surface area contributed by atoms with Crippen molar-refractivity contribution in [2.75, 3.05) is 13.2 Å². The molecule has 1 N–H and O–H groups in total. The van der Waals surface area contributed by atoms with E-state index in [0.29, 0.717) is 24.7 Å². The third-order valence-corrected chi connectivity index (χ3v) is 3.09. The highest BCUT2D eigenvalue weighted by Gasteiger charge is 2.29. The fraction of sp³-hybridized carbons (Fsp3) is 0.455. The first kappa shape index (κ1) is 11.4. The van der Waals surface area contributed by atoms with Crippen molar-refractivity contribution in [3.05, 3.63) is 29.0 Å². The number of likely N-dealkylation sites (tertiary alicyclic amines) is 1. The monoisotopic (exact) mass is 240 g/mol. The van der Waals surface area contributed by atoms with Crippen LogP contribution in [0.4, 0.5) is 0 Å². The summed E-state index contributed by atoms with van der Waals surface area (Å²) >= 11 is 5.92. The third kappa shape index (κ3) is 2.33. The summed E-state index contributed by atoms with van der Waals surface area (Å²) in [6.07, 6.45) is 2.04. The van der Waals surface area contributed by atoms with E-state index in [0.717, 1.165) is 5.56 Å². The van der Waals surface area contributed by atoms with E-state index < -0.39 is 0 Å². The lowest BCUT2D eigenvalue weighted by Gasteiger charge is -2.16. The van der Waals surface area contributed by atoms with Crippen molar-refractivity contribution in [3.63, 3.8) is 0 Å². The van der Waals surface area contributed by atoms with Gasteiger partial charge in [0.05, 0.1) is 0 Å². The average Bonchev–Trinajstić information content (AvgIpc) is 2.63. The molecular formula is C11H13ClN2O2. The van der Waals surface area contributed by atoms with Crippen molar-refractivity contribution in [1.29, 1.82) is 0 Å². The molecule has 0 radical (unpaired) electrons. The average molecular weight is 241 g/mol. The van der Waals surface area contributed by atoms with E-state index in [2.05, 4.69) is 4.98 Å². The number of carbonyl (C=O) groups is 1. The van der Waals surface area contributed by atoms with E-state index in [9.17, 15) is 4.79 Å². The number of aliphatic hydroxyl groups excluding tert-OH is 1. The number of carbonyl (C=O) groups excluding carboxylic acids is 1.